The van der Waals surface area contributed by atoms with Crippen LogP contribution >= 0.6 is 24.0 Å². The first kappa shape index (κ1) is 20.3. The molecular weight excluding hydrogens is 375 g/mol. The second-order valence-corrected chi connectivity index (χ2v) is 6.05. The Morgan fingerprint density at radius 3 is 2.65 bits per heavy atom. The number of methoxy groups -OCH3 is 1. The van der Waals surface area contributed by atoms with Gasteiger partial charge in [0, 0.05) is 23.2 Å². The molecule has 0 radical (unpaired) electrons. The Bertz CT molecular complexity index is 890. The summed E-state index contributed by atoms with van der Waals surface area (Å²) in [5.74, 6) is 0.607. The maximum absolute atomic E-state index is 9.61. The minimum Gasteiger partial charge on any atom is -0.495 e. The van der Waals surface area contributed by atoms with E-state index in [4.69, 9.17) is 26.4 Å². The van der Waals surface area contributed by atoms with Gasteiger partial charge in [-0.3, -0.25) is 0 Å². The van der Waals surface area contributed by atoms with Crippen LogP contribution in [0.15, 0.2) is 48.5 Å². The summed E-state index contributed by atoms with van der Waals surface area (Å²) in [6.45, 7) is -0.0513. The molecular formula is C19H20Cl2N2O3. The second kappa shape index (κ2) is 9.05. The molecule has 2 aromatic carbocycles. The molecule has 0 saturated carbocycles. The fourth-order valence-corrected chi connectivity index (χ4v) is 2.85. The summed E-state index contributed by atoms with van der Waals surface area (Å²) in [5.41, 5.74) is 3.28. The number of nitrogens with one attached hydrogen (secondary N) is 1. The zero-order chi connectivity index (χ0) is 17.8. The third-order valence-electron chi connectivity index (χ3n) is 3.90. The number of halogens is 2. The molecule has 0 spiro atoms. The molecule has 1 aromatic heterocycles. The highest BCUT2D eigenvalue weighted by molar-refractivity contribution is 6.32. The molecule has 3 aromatic rings. The molecule has 0 aliphatic rings. The molecule has 1 heterocycles. The predicted octanol–water partition coefficient (Wildman–Crippen LogP) is 3.75. The number of aliphatic hydroxyl groups excluding tert-OH is 2. The number of ether oxygens (including phenoxy) is 1. The fourth-order valence-electron chi connectivity index (χ4n) is 2.59. The summed E-state index contributed by atoms with van der Waals surface area (Å²) >= 11 is 6.23. The normalized spacial score (nSPS) is 11.7. The van der Waals surface area contributed by atoms with Gasteiger partial charge in [-0.1, -0.05) is 29.8 Å². The number of benzene rings is 2. The number of aromatic nitrogens is 1. The van der Waals surface area contributed by atoms with Crippen molar-refractivity contribution < 1.29 is 14.9 Å². The van der Waals surface area contributed by atoms with E-state index in [2.05, 4.69) is 5.32 Å². The van der Waals surface area contributed by atoms with Crippen LogP contribution in [-0.2, 0) is 0 Å². The summed E-state index contributed by atoms with van der Waals surface area (Å²) in [4.78, 5) is 4.70. The van der Waals surface area contributed by atoms with Gasteiger partial charge in [-0.2, -0.15) is 0 Å². The topological polar surface area (TPSA) is 74.6 Å². The van der Waals surface area contributed by atoms with Crippen LogP contribution in [0.3, 0.4) is 0 Å². The van der Waals surface area contributed by atoms with Crippen LogP contribution in [0.1, 0.15) is 0 Å². The smallest absolute Gasteiger partial charge is 0.137 e. The molecule has 26 heavy (non-hydrogen) atoms. The van der Waals surface area contributed by atoms with E-state index >= 15 is 0 Å². The van der Waals surface area contributed by atoms with Crippen molar-refractivity contribution >= 4 is 40.6 Å². The van der Waals surface area contributed by atoms with Gasteiger partial charge in [-0.05, 0) is 30.3 Å². The fraction of sp³-hybridized carbons (Fsp3) is 0.211. The largest absolute Gasteiger partial charge is 0.495 e. The maximum Gasteiger partial charge on any atom is 0.137 e. The minimum absolute atomic E-state index is 0. The predicted molar refractivity (Wildman–Crippen MR) is 108 cm³/mol. The molecule has 3 N–H and O–H groups in total. The van der Waals surface area contributed by atoms with Gasteiger partial charge in [0.2, 0.25) is 0 Å². The van der Waals surface area contributed by atoms with E-state index in [1.807, 2.05) is 42.5 Å². The number of anilines is 1. The van der Waals surface area contributed by atoms with Gasteiger partial charge < -0.3 is 20.3 Å². The minimum atomic E-state index is -0.828. The number of pyridine rings is 1. The van der Waals surface area contributed by atoms with Gasteiger partial charge in [0.1, 0.15) is 5.75 Å². The first-order chi connectivity index (χ1) is 12.1. The van der Waals surface area contributed by atoms with Crippen LogP contribution in [-0.4, -0.2) is 41.6 Å². The van der Waals surface area contributed by atoms with Crippen molar-refractivity contribution in [3.63, 3.8) is 0 Å². The highest BCUT2D eigenvalue weighted by Gasteiger charge is 2.11. The van der Waals surface area contributed by atoms with Crippen molar-refractivity contribution in [3.05, 3.63) is 53.6 Å². The zero-order valence-electron chi connectivity index (χ0n) is 14.1. The highest BCUT2D eigenvalue weighted by atomic mass is 35.5. The molecule has 1 unspecified atom stereocenters. The first-order valence-electron chi connectivity index (χ1n) is 7.89. The lowest BCUT2D eigenvalue weighted by atomic mass is 10.1. The van der Waals surface area contributed by atoms with Crippen LogP contribution in [0.5, 0.6) is 5.75 Å². The van der Waals surface area contributed by atoms with E-state index in [9.17, 15) is 5.11 Å². The van der Waals surface area contributed by atoms with Crippen molar-refractivity contribution in [2.24, 2.45) is 0 Å². The molecule has 5 nitrogen and oxygen atoms in total. The van der Waals surface area contributed by atoms with Crippen LogP contribution < -0.4 is 10.1 Å². The van der Waals surface area contributed by atoms with Crippen LogP contribution in [0, 0.1) is 0 Å². The van der Waals surface area contributed by atoms with Gasteiger partial charge in [0.15, 0.2) is 0 Å². The van der Waals surface area contributed by atoms with E-state index in [0.717, 1.165) is 27.8 Å². The number of hydrogen-bond acceptors (Lipinski definition) is 5. The molecule has 138 valence electrons. The van der Waals surface area contributed by atoms with Gasteiger partial charge in [-0.15, -0.1) is 12.4 Å². The van der Waals surface area contributed by atoms with E-state index in [-0.39, 0.29) is 25.6 Å². The third kappa shape index (κ3) is 4.37. The zero-order valence-corrected chi connectivity index (χ0v) is 15.7. The Kier molecular flexibility index (Phi) is 7.06. The Morgan fingerprint density at radius 2 is 1.96 bits per heavy atom. The quantitative estimate of drug-likeness (QED) is 0.593. The second-order valence-electron chi connectivity index (χ2n) is 5.64. The summed E-state index contributed by atoms with van der Waals surface area (Å²) < 4.78 is 5.19. The van der Waals surface area contributed by atoms with Crippen molar-refractivity contribution in [1.29, 1.82) is 0 Å². The number of aliphatic hydroxyl groups is 2. The summed E-state index contributed by atoms with van der Waals surface area (Å²) in [6.07, 6.45) is -0.828. The van der Waals surface area contributed by atoms with Crippen molar-refractivity contribution in [2.75, 3.05) is 25.6 Å². The lowest BCUT2D eigenvalue weighted by molar-refractivity contribution is 0.105. The van der Waals surface area contributed by atoms with E-state index in [0.29, 0.717) is 10.8 Å². The summed E-state index contributed by atoms with van der Waals surface area (Å²) in [5, 5.41) is 23.3. The molecule has 0 bridgehead atoms. The van der Waals surface area contributed by atoms with E-state index in [1.165, 1.54) is 0 Å². The molecule has 7 heteroatoms. The number of rotatable bonds is 6. The molecule has 0 saturated heterocycles. The Balaban J connectivity index is 0.00000243. The lowest BCUT2D eigenvalue weighted by Crippen LogP contribution is -2.23. The number of hydrogen-bond donors (Lipinski definition) is 3. The van der Waals surface area contributed by atoms with Crippen molar-refractivity contribution in [1.82, 2.24) is 4.98 Å². The molecule has 1 atom stereocenters. The van der Waals surface area contributed by atoms with Crippen molar-refractivity contribution in [3.8, 4) is 17.0 Å². The summed E-state index contributed by atoms with van der Waals surface area (Å²) in [7, 11) is 1.57. The van der Waals surface area contributed by atoms with Gasteiger partial charge >= 0.3 is 0 Å². The number of nitrogens with zero attached hydrogens (tertiary/aromatic N) is 1. The molecule has 0 aliphatic carbocycles. The van der Waals surface area contributed by atoms with E-state index in [1.54, 1.807) is 13.2 Å². The third-order valence-corrected chi connectivity index (χ3v) is 4.20. The van der Waals surface area contributed by atoms with Crippen LogP contribution in [0.25, 0.3) is 22.2 Å². The average Bonchev–Trinajstić information content (AvgIpc) is 2.65. The lowest BCUT2D eigenvalue weighted by Gasteiger charge is -2.14. The van der Waals surface area contributed by atoms with Gasteiger partial charge in [0.25, 0.3) is 0 Å². The standard InChI is InChI=1S/C19H19ClN2O3.ClH/c1-25-19-7-6-12(8-15(19)20)17-9-18(21-10-13(24)11-23)14-4-2-3-5-16(14)22-17;/h2-9,13,23-24H,10-11H2,1H3,(H,21,22);1H. The van der Waals surface area contributed by atoms with Gasteiger partial charge in [-0.25, -0.2) is 4.98 Å². The molecule has 0 fully saturated rings. The Hall–Kier alpha value is -2.05. The SMILES string of the molecule is COc1ccc(-c2cc(NCC(O)CO)c3ccccc3n2)cc1Cl.Cl. The Labute approximate surface area is 163 Å². The average molecular weight is 395 g/mol. The first-order valence-corrected chi connectivity index (χ1v) is 8.26. The number of para-hydroxylation sites is 1. The van der Waals surface area contributed by atoms with E-state index < -0.39 is 6.10 Å². The monoisotopic (exact) mass is 394 g/mol. The summed E-state index contributed by atoms with van der Waals surface area (Å²) in [6, 6.07) is 15.2. The maximum atomic E-state index is 9.61. The number of fused-ring (bicyclic) bond motifs is 1. The molecule has 0 amide bonds. The molecule has 3 rings (SSSR count). The van der Waals surface area contributed by atoms with Crippen LogP contribution in [0.2, 0.25) is 5.02 Å². The molecule has 0 aliphatic heterocycles. The van der Waals surface area contributed by atoms with Crippen LogP contribution in [0.4, 0.5) is 5.69 Å². The van der Waals surface area contributed by atoms with Gasteiger partial charge in [0.05, 0.1) is 36.1 Å². The highest BCUT2D eigenvalue weighted by Crippen LogP contribution is 2.32. The van der Waals surface area contributed by atoms with Crippen molar-refractivity contribution in [2.45, 2.75) is 6.10 Å². The Morgan fingerprint density at radius 1 is 1.19 bits per heavy atom.